The Morgan fingerprint density at radius 1 is 1.00 bits per heavy atom. The van der Waals surface area contributed by atoms with Gasteiger partial charge in [-0.2, -0.15) is 0 Å². The number of benzene rings is 3. The first kappa shape index (κ1) is 19.5. The number of hydrogen-bond acceptors (Lipinski definition) is 3. The number of esters is 1. The Kier molecular flexibility index (Phi) is 6.56. The number of rotatable bonds is 6. The van der Waals surface area contributed by atoms with Crippen LogP contribution in [0.1, 0.15) is 16.5 Å². The van der Waals surface area contributed by atoms with Crippen LogP contribution in [0.3, 0.4) is 0 Å². The molecular formula is C22H19ClO3S. The van der Waals surface area contributed by atoms with Gasteiger partial charge in [-0.15, -0.1) is 11.6 Å². The van der Waals surface area contributed by atoms with Crippen molar-refractivity contribution in [3.05, 3.63) is 90.0 Å². The topological polar surface area (TPSA) is 49.4 Å². The largest absolute Gasteiger partial charge is 0.612 e. The smallest absolute Gasteiger partial charge is 0.329 e. The highest BCUT2D eigenvalue weighted by Gasteiger charge is 2.26. The second-order valence-electron chi connectivity index (χ2n) is 6.03. The summed E-state index contributed by atoms with van der Waals surface area (Å²) in [7, 11) is 0. The summed E-state index contributed by atoms with van der Waals surface area (Å²) >= 11 is 5.07. The molecular weight excluding hydrogens is 380 g/mol. The Bertz CT molecular complexity index is 898. The standard InChI is InChI=1S/C22H19ClO3S/c1-27(25)20-14-18(17-10-6-3-7-11-17)12-13-19(20)21(23)22(24)26-15-16-8-4-2-5-9-16/h2-14,21H,15H2,1H3. The molecule has 0 aromatic heterocycles. The quantitative estimate of drug-likeness (QED) is 0.329. The average Bonchev–Trinajstić information content (AvgIpc) is 2.72. The molecule has 0 bridgehead atoms. The molecule has 2 unspecified atom stereocenters. The third-order valence-electron chi connectivity index (χ3n) is 4.13. The minimum absolute atomic E-state index is 0.148. The Labute approximate surface area is 167 Å². The zero-order valence-electron chi connectivity index (χ0n) is 14.8. The first-order valence-corrected chi connectivity index (χ1v) is 10.4. The molecule has 0 aliphatic heterocycles. The zero-order valence-corrected chi connectivity index (χ0v) is 16.4. The third-order valence-corrected chi connectivity index (χ3v) is 5.52. The van der Waals surface area contributed by atoms with E-state index in [1.165, 1.54) is 0 Å². The lowest BCUT2D eigenvalue weighted by molar-refractivity contribution is -0.144. The minimum atomic E-state index is -1.29. The van der Waals surface area contributed by atoms with Crippen molar-refractivity contribution < 1.29 is 14.1 Å². The predicted octanol–water partition coefficient (Wildman–Crippen LogP) is 5.11. The molecule has 3 rings (SSSR count). The molecule has 27 heavy (non-hydrogen) atoms. The van der Waals surface area contributed by atoms with Crippen molar-refractivity contribution in [2.75, 3.05) is 6.26 Å². The number of hydrogen-bond donors (Lipinski definition) is 0. The monoisotopic (exact) mass is 398 g/mol. The maximum Gasteiger partial charge on any atom is 0.329 e. The molecule has 0 radical (unpaired) electrons. The van der Waals surface area contributed by atoms with E-state index in [1.54, 1.807) is 12.3 Å². The van der Waals surface area contributed by atoms with Crippen LogP contribution in [0.15, 0.2) is 83.8 Å². The average molecular weight is 399 g/mol. The molecule has 0 spiro atoms. The maximum absolute atomic E-state index is 12.4. The van der Waals surface area contributed by atoms with Gasteiger partial charge < -0.3 is 9.29 Å². The van der Waals surface area contributed by atoms with Gasteiger partial charge in [0.1, 0.15) is 12.9 Å². The summed E-state index contributed by atoms with van der Waals surface area (Å²) < 4.78 is 17.6. The lowest BCUT2D eigenvalue weighted by atomic mass is 10.0. The number of carbonyl (C=O) groups is 1. The van der Waals surface area contributed by atoms with Gasteiger partial charge in [-0.3, -0.25) is 4.79 Å². The van der Waals surface area contributed by atoms with Crippen LogP contribution in [0.4, 0.5) is 0 Å². The van der Waals surface area contributed by atoms with Crippen LogP contribution in [-0.4, -0.2) is 16.8 Å². The molecule has 0 aliphatic carbocycles. The second-order valence-corrected chi connectivity index (χ2v) is 7.81. The number of alkyl halides is 1. The summed E-state index contributed by atoms with van der Waals surface area (Å²) in [4.78, 5) is 12.9. The Morgan fingerprint density at radius 3 is 2.26 bits per heavy atom. The summed E-state index contributed by atoms with van der Waals surface area (Å²) in [5, 5.41) is -1.02. The van der Waals surface area contributed by atoms with E-state index < -0.39 is 22.5 Å². The fourth-order valence-corrected chi connectivity index (χ4v) is 3.86. The Morgan fingerprint density at radius 2 is 1.63 bits per heavy atom. The molecule has 5 heteroatoms. The third kappa shape index (κ3) is 4.92. The van der Waals surface area contributed by atoms with Crippen molar-refractivity contribution in [2.45, 2.75) is 16.9 Å². The summed E-state index contributed by atoms with van der Waals surface area (Å²) in [6.45, 7) is 0.148. The number of halogens is 1. The van der Waals surface area contributed by atoms with Crippen LogP contribution in [0.25, 0.3) is 11.1 Å². The molecule has 138 valence electrons. The molecule has 0 saturated carbocycles. The van der Waals surface area contributed by atoms with Gasteiger partial charge in [-0.05, 0) is 27.9 Å². The molecule has 0 N–H and O–H groups in total. The van der Waals surface area contributed by atoms with Crippen LogP contribution < -0.4 is 0 Å². The summed E-state index contributed by atoms with van der Waals surface area (Å²) in [5.41, 5.74) is 3.32. The van der Waals surface area contributed by atoms with Crippen LogP contribution >= 0.6 is 11.6 Å². The van der Waals surface area contributed by atoms with Gasteiger partial charge in [0, 0.05) is 11.6 Å². The van der Waals surface area contributed by atoms with Gasteiger partial charge >= 0.3 is 5.97 Å². The molecule has 3 aromatic rings. The Hall–Kier alpha value is -2.27. The fourth-order valence-electron chi connectivity index (χ4n) is 2.73. The van der Waals surface area contributed by atoms with Gasteiger partial charge in [0.2, 0.25) is 0 Å². The molecule has 3 aromatic carbocycles. The minimum Gasteiger partial charge on any atom is -0.612 e. The van der Waals surface area contributed by atoms with E-state index in [1.807, 2.05) is 72.8 Å². The summed E-state index contributed by atoms with van der Waals surface area (Å²) in [6, 6.07) is 24.6. The molecule has 0 fully saturated rings. The Balaban J connectivity index is 1.81. The molecule has 3 nitrogen and oxygen atoms in total. The number of ether oxygens (including phenoxy) is 1. The lowest BCUT2D eigenvalue weighted by Crippen LogP contribution is -2.14. The van der Waals surface area contributed by atoms with Crippen molar-refractivity contribution in [2.24, 2.45) is 0 Å². The second kappa shape index (κ2) is 9.09. The maximum atomic E-state index is 12.4. The molecule has 0 aliphatic rings. The van der Waals surface area contributed by atoms with E-state index in [-0.39, 0.29) is 6.61 Å². The SMILES string of the molecule is C[S+]([O-])c1cc(-c2ccccc2)ccc1C(Cl)C(=O)OCc1ccccc1. The van der Waals surface area contributed by atoms with Gasteiger partial charge in [0.25, 0.3) is 0 Å². The predicted molar refractivity (Wildman–Crippen MR) is 109 cm³/mol. The molecule has 0 amide bonds. The summed E-state index contributed by atoms with van der Waals surface area (Å²) in [6.07, 6.45) is 1.58. The van der Waals surface area contributed by atoms with Crippen molar-refractivity contribution in [3.8, 4) is 11.1 Å². The van der Waals surface area contributed by atoms with Crippen LogP contribution in [0.5, 0.6) is 0 Å². The van der Waals surface area contributed by atoms with Crippen molar-refractivity contribution in [3.63, 3.8) is 0 Å². The number of carbonyl (C=O) groups excluding carboxylic acids is 1. The van der Waals surface area contributed by atoms with Gasteiger partial charge in [0.15, 0.2) is 10.3 Å². The summed E-state index contributed by atoms with van der Waals surface area (Å²) in [5.74, 6) is -0.556. The first-order chi connectivity index (χ1) is 13.1. The first-order valence-electron chi connectivity index (χ1n) is 8.43. The van der Waals surface area contributed by atoms with Gasteiger partial charge in [-0.25, -0.2) is 0 Å². The normalized spacial score (nSPS) is 13.0. The zero-order chi connectivity index (χ0) is 19.2. The van der Waals surface area contributed by atoms with Crippen molar-refractivity contribution in [1.29, 1.82) is 0 Å². The van der Waals surface area contributed by atoms with Crippen LogP contribution in [0, 0.1) is 0 Å². The van der Waals surface area contributed by atoms with E-state index >= 15 is 0 Å². The van der Waals surface area contributed by atoms with Crippen molar-refractivity contribution >= 4 is 28.7 Å². The highest BCUT2D eigenvalue weighted by molar-refractivity contribution is 7.90. The van der Waals surface area contributed by atoms with Crippen molar-refractivity contribution in [1.82, 2.24) is 0 Å². The fraction of sp³-hybridized carbons (Fsp3) is 0.136. The van der Waals surface area contributed by atoms with Gasteiger partial charge in [-0.1, -0.05) is 72.8 Å². The van der Waals surface area contributed by atoms with E-state index in [0.29, 0.717) is 10.5 Å². The lowest BCUT2D eigenvalue weighted by Gasteiger charge is -2.16. The van der Waals surface area contributed by atoms with Crippen LogP contribution in [0.2, 0.25) is 0 Å². The highest BCUT2D eigenvalue weighted by Crippen LogP contribution is 2.32. The van der Waals surface area contributed by atoms with E-state index in [4.69, 9.17) is 16.3 Å². The van der Waals surface area contributed by atoms with E-state index in [2.05, 4.69) is 0 Å². The van der Waals surface area contributed by atoms with Gasteiger partial charge in [0.05, 0.1) is 0 Å². The highest BCUT2D eigenvalue weighted by atomic mass is 35.5. The molecule has 0 heterocycles. The van der Waals surface area contributed by atoms with E-state index in [9.17, 15) is 9.35 Å². The molecule has 2 atom stereocenters. The van der Waals surface area contributed by atoms with Crippen LogP contribution in [-0.2, 0) is 27.3 Å². The molecule has 0 saturated heterocycles. The van der Waals surface area contributed by atoms with E-state index in [0.717, 1.165) is 16.7 Å².